The summed E-state index contributed by atoms with van der Waals surface area (Å²) in [6.07, 6.45) is 1.49. The number of carbonyl (C=O) groups excluding carboxylic acids is 1. The molecule has 2 amide bonds. The molecule has 1 aliphatic rings. The van der Waals surface area contributed by atoms with Gasteiger partial charge < -0.3 is 20.6 Å². The van der Waals surface area contributed by atoms with Crippen LogP contribution in [0.1, 0.15) is 18.4 Å². The van der Waals surface area contributed by atoms with Gasteiger partial charge >= 0.3 is 6.03 Å². The Hall–Kier alpha value is -1.30. The molecule has 3 N–H and O–H groups in total. The van der Waals surface area contributed by atoms with Gasteiger partial charge in [-0.25, -0.2) is 4.79 Å². The molecule has 0 atom stereocenters. The Bertz CT molecular complexity index is 445. The van der Waals surface area contributed by atoms with Crippen LogP contribution in [0.3, 0.4) is 0 Å². The number of aliphatic hydroxyl groups excluding tert-OH is 1. The van der Waals surface area contributed by atoms with Crippen LogP contribution in [-0.4, -0.2) is 48.3 Å². The number of amides is 2. The zero-order valence-corrected chi connectivity index (χ0v) is 12.8. The summed E-state index contributed by atoms with van der Waals surface area (Å²) in [4.78, 5) is 13.9. The molecule has 1 aliphatic heterocycles. The number of hydrogen-bond donors (Lipinski definition) is 3. The second kappa shape index (κ2) is 8.22. The van der Waals surface area contributed by atoms with Crippen molar-refractivity contribution in [3.8, 4) is 0 Å². The molecule has 5 nitrogen and oxygen atoms in total. The third-order valence-electron chi connectivity index (χ3n) is 3.64. The van der Waals surface area contributed by atoms with Crippen molar-refractivity contribution >= 4 is 17.6 Å². The number of aliphatic hydroxyl groups is 1. The van der Waals surface area contributed by atoms with Crippen molar-refractivity contribution in [3.05, 3.63) is 34.9 Å². The van der Waals surface area contributed by atoms with Gasteiger partial charge in [-0.05, 0) is 30.5 Å². The first kappa shape index (κ1) is 16.1. The van der Waals surface area contributed by atoms with Crippen LogP contribution < -0.4 is 10.6 Å². The van der Waals surface area contributed by atoms with E-state index in [0.717, 1.165) is 38.0 Å². The summed E-state index contributed by atoms with van der Waals surface area (Å²) in [5.41, 5.74) is 1.01. The lowest BCUT2D eigenvalue weighted by atomic mass is 10.1. The number of nitrogens with zero attached hydrogens (tertiary/aromatic N) is 1. The number of piperidine rings is 1. The molecule has 0 radical (unpaired) electrons. The Kier molecular flexibility index (Phi) is 6.29. The van der Waals surface area contributed by atoms with Gasteiger partial charge in [-0.2, -0.15) is 0 Å². The van der Waals surface area contributed by atoms with Crippen LogP contribution >= 0.6 is 11.6 Å². The monoisotopic (exact) mass is 311 g/mol. The van der Waals surface area contributed by atoms with Gasteiger partial charge in [0.1, 0.15) is 0 Å². The fourth-order valence-electron chi connectivity index (χ4n) is 2.32. The molecule has 0 spiro atoms. The fraction of sp³-hybridized carbons (Fsp3) is 0.533. The van der Waals surface area contributed by atoms with E-state index in [1.54, 1.807) is 12.1 Å². The highest BCUT2D eigenvalue weighted by molar-refractivity contribution is 6.30. The van der Waals surface area contributed by atoms with E-state index in [1.807, 2.05) is 12.1 Å². The van der Waals surface area contributed by atoms with Crippen LogP contribution in [0, 0.1) is 0 Å². The highest BCUT2D eigenvalue weighted by Crippen LogP contribution is 2.09. The summed E-state index contributed by atoms with van der Waals surface area (Å²) >= 11 is 5.81. The lowest BCUT2D eigenvalue weighted by Crippen LogP contribution is -2.43. The summed E-state index contributed by atoms with van der Waals surface area (Å²) < 4.78 is 0. The van der Waals surface area contributed by atoms with Crippen molar-refractivity contribution in [2.75, 3.05) is 26.2 Å². The number of halogens is 1. The standard InChI is InChI=1S/C15H22ClN3O2/c16-13-3-1-12(2-4-13)11-18-15(21)17-7-10-19-8-5-14(20)6-9-19/h1-4,14,20H,5-11H2,(H2,17,18,21). The van der Waals surface area contributed by atoms with Crippen LogP contribution in [-0.2, 0) is 6.54 Å². The molecule has 0 aliphatic carbocycles. The van der Waals surface area contributed by atoms with Crippen molar-refractivity contribution in [1.29, 1.82) is 0 Å². The van der Waals surface area contributed by atoms with Crippen LogP contribution in [0.25, 0.3) is 0 Å². The zero-order valence-electron chi connectivity index (χ0n) is 12.0. The molecule has 1 saturated heterocycles. The smallest absolute Gasteiger partial charge is 0.315 e. The molecule has 1 fully saturated rings. The van der Waals surface area contributed by atoms with Gasteiger partial charge in [-0.1, -0.05) is 23.7 Å². The molecule has 2 rings (SSSR count). The number of hydrogen-bond acceptors (Lipinski definition) is 3. The number of rotatable bonds is 5. The Morgan fingerprint density at radius 1 is 1.24 bits per heavy atom. The minimum absolute atomic E-state index is 0.156. The van der Waals surface area contributed by atoms with Crippen molar-refractivity contribution in [2.24, 2.45) is 0 Å². The first-order valence-corrected chi connectivity index (χ1v) is 7.68. The third kappa shape index (κ3) is 5.91. The van der Waals surface area contributed by atoms with Crippen molar-refractivity contribution in [3.63, 3.8) is 0 Å². The number of likely N-dealkylation sites (tertiary alicyclic amines) is 1. The Labute approximate surface area is 130 Å². The molecule has 0 saturated carbocycles. The van der Waals surface area contributed by atoms with Gasteiger partial charge in [0, 0.05) is 37.7 Å². The highest BCUT2D eigenvalue weighted by Gasteiger charge is 2.16. The molecule has 6 heteroatoms. The number of urea groups is 1. The van der Waals surface area contributed by atoms with E-state index in [4.69, 9.17) is 11.6 Å². The predicted molar refractivity (Wildman–Crippen MR) is 83.4 cm³/mol. The lowest BCUT2D eigenvalue weighted by Gasteiger charge is -2.29. The van der Waals surface area contributed by atoms with E-state index in [9.17, 15) is 9.90 Å². The summed E-state index contributed by atoms with van der Waals surface area (Å²) in [5, 5.41) is 15.8. The molecule has 1 aromatic rings. The van der Waals surface area contributed by atoms with Gasteiger partial charge in [0.15, 0.2) is 0 Å². The quantitative estimate of drug-likeness (QED) is 0.774. The van der Waals surface area contributed by atoms with E-state index in [2.05, 4.69) is 15.5 Å². The molecule has 1 heterocycles. The molecule has 0 unspecified atom stereocenters. The number of benzene rings is 1. The largest absolute Gasteiger partial charge is 0.393 e. The molecule has 0 aromatic heterocycles. The van der Waals surface area contributed by atoms with E-state index < -0.39 is 0 Å². The first-order valence-electron chi connectivity index (χ1n) is 7.30. The number of nitrogens with one attached hydrogen (secondary N) is 2. The first-order chi connectivity index (χ1) is 10.1. The molecule has 0 bridgehead atoms. The van der Waals surface area contributed by atoms with Gasteiger partial charge in [0.25, 0.3) is 0 Å². The van der Waals surface area contributed by atoms with Gasteiger partial charge in [-0.3, -0.25) is 0 Å². The van der Waals surface area contributed by atoms with E-state index in [-0.39, 0.29) is 12.1 Å². The average Bonchev–Trinajstić information content (AvgIpc) is 2.49. The predicted octanol–water partition coefficient (Wildman–Crippen LogP) is 1.60. The van der Waals surface area contributed by atoms with Gasteiger partial charge in [0.2, 0.25) is 0 Å². The summed E-state index contributed by atoms with van der Waals surface area (Å²) in [6.45, 7) is 3.72. The minimum atomic E-state index is -0.165. The molecular formula is C15H22ClN3O2. The lowest BCUT2D eigenvalue weighted by molar-refractivity contribution is 0.0832. The maximum Gasteiger partial charge on any atom is 0.315 e. The van der Waals surface area contributed by atoms with Crippen molar-refractivity contribution in [2.45, 2.75) is 25.5 Å². The van der Waals surface area contributed by atoms with E-state index in [1.165, 1.54) is 0 Å². The second-order valence-corrected chi connectivity index (χ2v) is 5.75. The normalized spacial score (nSPS) is 16.7. The molecule has 116 valence electrons. The van der Waals surface area contributed by atoms with Crippen molar-refractivity contribution < 1.29 is 9.90 Å². The minimum Gasteiger partial charge on any atom is -0.393 e. The maximum atomic E-state index is 11.7. The Morgan fingerprint density at radius 3 is 2.57 bits per heavy atom. The summed E-state index contributed by atoms with van der Waals surface area (Å²) in [6, 6.07) is 7.23. The average molecular weight is 312 g/mol. The van der Waals surface area contributed by atoms with Crippen molar-refractivity contribution in [1.82, 2.24) is 15.5 Å². The van der Waals surface area contributed by atoms with Crippen LogP contribution in [0.15, 0.2) is 24.3 Å². The van der Waals surface area contributed by atoms with Crippen LogP contribution in [0.5, 0.6) is 0 Å². The van der Waals surface area contributed by atoms with E-state index >= 15 is 0 Å². The topological polar surface area (TPSA) is 64.6 Å². The Morgan fingerprint density at radius 2 is 1.90 bits per heavy atom. The Balaban J connectivity index is 1.58. The summed E-state index contributed by atoms with van der Waals surface area (Å²) in [7, 11) is 0. The molecular weight excluding hydrogens is 290 g/mol. The third-order valence-corrected chi connectivity index (χ3v) is 3.89. The van der Waals surface area contributed by atoms with Gasteiger partial charge in [-0.15, -0.1) is 0 Å². The SMILES string of the molecule is O=C(NCCN1CCC(O)CC1)NCc1ccc(Cl)cc1. The van der Waals surface area contributed by atoms with Crippen LogP contribution in [0.4, 0.5) is 4.79 Å². The van der Waals surface area contributed by atoms with Gasteiger partial charge in [0.05, 0.1) is 6.10 Å². The highest BCUT2D eigenvalue weighted by atomic mass is 35.5. The number of carbonyl (C=O) groups is 1. The van der Waals surface area contributed by atoms with Crippen LogP contribution in [0.2, 0.25) is 5.02 Å². The summed E-state index contributed by atoms with van der Waals surface area (Å²) in [5.74, 6) is 0. The maximum absolute atomic E-state index is 11.7. The molecule has 1 aromatic carbocycles. The zero-order chi connectivity index (χ0) is 15.1. The van der Waals surface area contributed by atoms with E-state index in [0.29, 0.717) is 18.1 Å². The molecule has 21 heavy (non-hydrogen) atoms. The second-order valence-electron chi connectivity index (χ2n) is 5.31. The fourth-order valence-corrected chi connectivity index (χ4v) is 2.44.